The fraction of sp³-hybridized carbons (Fsp3) is 0.571. The van der Waals surface area contributed by atoms with Crippen LogP contribution in [-0.4, -0.2) is 25.8 Å². The largest absolute Gasteiger partial charge is 0.382 e. The fourth-order valence-corrected chi connectivity index (χ4v) is 2.18. The third-order valence-electron chi connectivity index (χ3n) is 2.99. The number of methoxy groups -OCH3 is 1. The molecule has 0 saturated heterocycles. The predicted molar refractivity (Wildman–Crippen MR) is 73.7 cm³/mol. The summed E-state index contributed by atoms with van der Waals surface area (Å²) in [5.74, 6) is -0.202. The van der Waals surface area contributed by atoms with E-state index in [1.807, 2.05) is 13.8 Å². The van der Waals surface area contributed by atoms with Crippen molar-refractivity contribution in [3.8, 4) is 0 Å². The van der Waals surface area contributed by atoms with Crippen molar-refractivity contribution in [1.82, 2.24) is 5.32 Å². The highest BCUT2D eigenvalue weighted by atomic mass is 35.5. The molecule has 2 unspecified atom stereocenters. The SMILES string of the molecule is CCNC(Cc1cc(Cl)ccc1F)CC(C)OC. The van der Waals surface area contributed by atoms with Gasteiger partial charge in [0, 0.05) is 18.2 Å². The Labute approximate surface area is 113 Å². The Morgan fingerprint density at radius 3 is 2.78 bits per heavy atom. The smallest absolute Gasteiger partial charge is 0.126 e. The maximum atomic E-state index is 13.7. The van der Waals surface area contributed by atoms with Gasteiger partial charge in [0.2, 0.25) is 0 Å². The van der Waals surface area contributed by atoms with Gasteiger partial charge in [-0.3, -0.25) is 0 Å². The zero-order valence-corrected chi connectivity index (χ0v) is 11.9. The lowest BCUT2D eigenvalue weighted by Crippen LogP contribution is -2.34. The van der Waals surface area contributed by atoms with Crippen LogP contribution in [0.2, 0.25) is 5.02 Å². The summed E-state index contributed by atoms with van der Waals surface area (Å²) in [6.07, 6.45) is 1.61. The van der Waals surface area contributed by atoms with Crippen molar-refractivity contribution >= 4 is 11.6 Å². The molecule has 2 nitrogen and oxygen atoms in total. The van der Waals surface area contributed by atoms with Gasteiger partial charge in [0.15, 0.2) is 0 Å². The second-order valence-electron chi connectivity index (χ2n) is 4.48. The number of rotatable bonds is 7. The van der Waals surface area contributed by atoms with Crippen molar-refractivity contribution in [3.63, 3.8) is 0 Å². The van der Waals surface area contributed by atoms with E-state index < -0.39 is 0 Å². The zero-order valence-electron chi connectivity index (χ0n) is 11.2. The molecule has 1 aromatic rings. The summed E-state index contributed by atoms with van der Waals surface area (Å²) >= 11 is 5.90. The molecule has 1 N–H and O–H groups in total. The second-order valence-corrected chi connectivity index (χ2v) is 4.91. The van der Waals surface area contributed by atoms with Crippen molar-refractivity contribution < 1.29 is 9.13 Å². The normalized spacial score (nSPS) is 14.5. The summed E-state index contributed by atoms with van der Waals surface area (Å²) in [5.41, 5.74) is 0.650. The average molecular weight is 274 g/mol. The molecular formula is C14H21ClFNO. The van der Waals surface area contributed by atoms with Crippen molar-refractivity contribution in [3.05, 3.63) is 34.6 Å². The van der Waals surface area contributed by atoms with Crippen molar-refractivity contribution in [1.29, 1.82) is 0 Å². The molecule has 4 heteroatoms. The third-order valence-corrected chi connectivity index (χ3v) is 3.22. The van der Waals surface area contributed by atoms with E-state index in [9.17, 15) is 4.39 Å². The van der Waals surface area contributed by atoms with Crippen molar-refractivity contribution in [2.24, 2.45) is 0 Å². The average Bonchev–Trinajstić information content (AvgIpc) is 2.34. The molecule has 0 aliphatic rings. The van der Waals surface area contributed by atoms with Crippen LogP contribution in [0.15, 0.2) is 18.2 Å². The molecule has 1 aromatic carbocycles. The Morgan fingerprint density at radius 2 is 2.17 bits per heavy atom. The highest BCUT2D eigenvalue weighted by Gasteiger charge is 2.15. The van der Waals surface area contributed by atoms with Crippen LogP contribution in [0, 0.1) is 5.82 Å². The van der Waals surface area contributed by atoms with Gasteiger partial charge in [-0.15, -0.1) is 0 Å². The van der Waals surface area contributed by atoms with Crippen molar-refractivity contribution in [2.45, 2.75) is 38.8 Å². The molecule has 18 heavy (non-hydrogen) atoms. The molecule has 102 valence electrons. The predicted octanol–water partition coefficient (Wildman–Crippen LogP) is 3.42. The Balaban J connectivity index is 2.72. The molecule has 0 radical (unpaired) electrons. The summed E-state index contributed by atoms with van der Waals surface area (Å²) in [4.78, 5) is 0. The molecule has 0 heterocycles. The lowest BCUT2D eigenvalue weighted by Gasteiger charge is -2.21. The molecule has 0 fully saturated rings. The highest BCUT2D eigenvalue weighted by Crippen LogP contribution is 2.18. The Kier molecular flexibility index (Phi) is 6.61. The van der Waals surface area contributed by atoms with E-state index in [0.717, 1.165) is 13.0 Å². The van der Waals surface area contributed by atoms with Gasteiger partial charge in [-0.25, -0.2) is 4.39 Å². The summed E-state index contributed by atoms with van der Waals surface area (Å²) < 4.78 is 18.9. The molecule has 1 rings (SSSR count). The Morgan fingerprint density at radius 1 is 1.44 bits per heavy atom. The summed E-state index contributed by atoms with van der Waals surface area (Å²) in [7, 11) is 1.69. The van der Waals surface area contributed by atoms with E-state index in [2.05, 4.69) is 5.32 Å². The maximum Gasteiger partial charge on any atom is 0.126 e. The molecule has 0 bridgehead atoms. The van der Waals surface area contributed by atoms with Crippen LogP contribution in [0.5, 0.6) is 0 Å². The Hall–Kier alpha value is -0.640. The molecule has 0 amide bonds. The lowest BCUT2D eigenvalue weighted by atomic mass is 10.0. The molecule has 0 aromatic heterocycles. The topological polar surface area (TPSA) is 21.3 Å². The van der Waals surface area contributed by atoms with Crippen LogP contribution < -0.4 is 5.32 Å². The maximum absolute atomic E-state index is 13.7. The molecular weight excluding hydrogens is 253 g/mol. The number of nitrogens with one attached hydrogen (secondary N) is 1. The molecule has 2 atom stereocenters. The van der Waals surface area contributed by atoms with Crippen molar-refractivity contribution in [2.75, 3.05) is 13.7 Å². The van der Waals surface area contributed by atoms with Crippen LogP contribution in [0.4, 0.5) is 4.39 Å². The molecule has 0 aliphatic heterocycles. The van der Waals surface area contributed by atoms with E-state index >= 15 is 0 Å². The fourth-order valence-electron chi connectivity index (χ4n) is 1.99. The van der Waals surface area contributed by atoms with Gasteiger partial charge in [-0.05, 0) is 50.1 Å². The van der Waals surface area contributed by atoms with E-state index in [-0.39, 0.29) is 18.0 Å². The van der Waals surface area contributed by atoms with Crippen LogP contribution in [-0.2, 0) is 11.2 Å². The highest BCUT2D eigenvalue weighted by molar-refractivity contribution is 6.30. The first-order valence-electron chi connectivity index (χ1n) is 6.26. The van der Waals surface area contributed by atoms with Gasteiger partial charge in [0.25, 0.3) is 0 Å². The minimum Gasteiger partial charge on any atom is -0.382 e. The van der Waals surface area contributed by atoms with E-state index in [1.54, 1.807) is 19.2 Å². The first kappa shape index (κ1) is 15.4. The van der Waals surface area contributed by atoms with Crippen LogP contribution in [0.25, 0.3) is 0 Å². The summed E-state index contributed by atoms with van der Waals surface area (Å²) in [6.45, 7) is 4.90. The Bertz CT molecular complexity index is 373. The van der Waals surface area contributed by atoms with Gasteiger partial charge >= 0.3 is 0 Å². The number of hydrogen-bond donors (Lipinski definition) is 1. The van der Waals surface area contributed by atoms with Gasteiger partial charge < -0.3 is 10.1 Å². The molecule has 0 spiro atoms. The summed E-state index contributed by atoms with van der Waals surface area (Å²) in [5, 5.41) is 3.92. The monoisotopic (exact) mass is 273 g/mol. The van der Waals surface area contributed by atoms with Gasteiger partial charge in [-0.1, -0.05) is 18.5 Å². The van der Waals surface area contributed by atoms with E-state index in [4.69, 9.17) is 16.3 Å². The number of hydrogen-bond acceptors (Lipinski definition) is 2. The van der Waals surface area contributed by atoms with E-state index in [1.165, 1.54) is 6.07 Å². The minimum atomic E-state index is -0.202. The zero-order chi connectivity index (χ0) is 13.5. The quantitative estimate of drug-likeness (QED) is 0.822. The van der Waals surface area contributed by atoms with Gasteiger partial charge in [0.1, 0.15) is 5.82 Å². The first-order valence-corrected chi connectivity index (χ1v) is 6.64. The second kappa shape index (κ2) is 7.72. The van der Waals surface area contributed by atoms with Crippen LogP contribution in [0.1, 0.15) is 25.8 Å². The van der Waals surface area contributed by atoms with Gasteiger partial charge in [-0.2, -0.15) is 0 Å². The molecule has 0 saturated carbocycles. The third kappa shape index (κ3) is 4.92. The first-order chi connectivity index (χ1) is 8.56. The molecule has 0 aliphatic carbocycles. The summed E-state index contributed by atoms with van der Waals surface area (Å²) in [6, 6.07) is 4.87. The van der Waals surface area contributed by atoms with Crippen LogP contribution >= 0.6 is 11.6 Å². The standard InChI is InChI=1S/C14H21ClFNO/c1-4-17-13(7-10(2)18-3)9-11-8-12(15)5-6-14(11)16/h5-6,8,10,13,17H,4,7,9H2,1-3H3. The number of benzene rings is 1. The number of halogens is 2. The minimum absolute atomic E-state index is 0.149. The lowest BCUT2D eigenvalue weighted by molar-refractivity contribution is 0.100. The number of likely N-dealkylation sites (N-methyl/N-ethyl adjacent to an activating group) is 1. The number of ether oxygens (including phenoxy) is 1. The van der Waals surface area contributed by atoms with E-state index in [0.29, 0.717) is 17.0 Å². The van der Waals surface area contributed by atoms with Crippen LogP contribution in [0.3, 0.4) is 0 Å². The van der Waals surface area contributed by atoms with Gasteiger partial charge in [0.05, 0.1) is 6.10 Å².